The molecule has 0 unspecified atom stereocenters. The molecule has 4 rings (SSSR count). The molecule has 2 aromatic carbocycles. The maximum Gasteiger partial charge on any atom is 0.271 e. The molecule has 10 heteroatoms. The Labute approximate surface area is 192 Å². The molecule has 9 nitrogen and oxygen atoms in total. The number of nitrogens with zero attached hydrogens (tertiary/aromatic N) is 3. The molecule has 0 aliphatic carbocycles. The highest BCUT2D eigenvalue weighted by molar-refractivity contribution is 7.17. The number of methoxy groups -OCH3 is 1. The summed E-state index contributed by atoms with van der Waals surface area (Å²) in [5, 5.41) is 16.1. The van der Waals surface area contributed by atoms with Crippen molar-refractivity contribution in [1.29, 1.82) is 0 Å². The zero-order valence-electron chi connectivity index (χ0n) is 17.9. The minimum Gasteiger partial charge on any atom is -0.495 e. The van der Waals surface area contributed by atoms with Crippen LogP contribution in [0.2, 0.25) is 0 Å². The topological polar surface area (TPSA) is 116 Å². The van der Waals surface area contributed by atoms with Crippen LogP contribution < -0.4 is 15.6 Å². The van der Waals surface area contributed by atoms with E-state index in [1.165, 1.54) is 47.5 Å². The normalized spacial score (nSPS) is 10.8. The number of benzene rings is 2. The molecular weight excluding hydrogens is 444 g/mol. The maximum atomic E-state index is 13.1. The molecule has 2 heterocycles. The predicted octanol–water partition coefficient (Wildman–Crippen LogP) is 4.38. The average molecular weight is 465 g/mol. The summed E-state index contributed by atoms with van der Waals surface area (Å²) in [6.07, 6.45) is 1.41. The Morgan fingerprint density at radius 2 is 2.00 bits per heavy atom. The molecule has 4 aromatic rings. The number of nitro groups is 1. The molecule has 0 saturated heterocycles. The number of amides is 1. The van der Waals surface area contributed by atoms with Gasteiger partial charge in [-0.15, -0.1) is 11.3 Å². The van der Waals surface area contributed by atoms with Gasteiger partial charge in [-0.05, 0) is 18.6 Å². The van der Waals surface area contributed by atoms with Crippen molar-refractivity contribution in [3.63, 3.8) is 0 Å². The van der Waals surface area contributed by atoms with Crippen molar-refractivity contribution in [3.05, 3.63) is 80.2 Å². The van der Waals surface area contributed by atoms with Crippen LogP contribution in [-0.2, 0) is 11.3 Å². The van der Waals surface area contributed by atoms with Crippen LogP contribution in [0.4, 0.5) is 11.4 Å². The zero-order chi connectivity index (χ0) is 23.5. The van der Waals surface area contributed by atoms with Crippen molar-refractivity contribution >= 4 is 38.8 Å². The summed E-state index contributed by atoms with van der Waals surface area (Å²) in [5.74, 6) is -0.111. The molecule has 0 spiro atoms. The third-order valence-electron chi connectivity index (χ3n) is 5.17. The van der Waals surface area contributed by atoms with Gasteiger partial charge in [0.1, 0.15) is 10.6 Å². The zero-order valence-corrected chi connectivity index (χ0v) is 18.7. The number of rotatable bonds is 7. The van der Waals surface area contributed by atoms with Crippen molar-refractivity contribution in [1.82, 2.24) is 9.55 Å². The number of non-ortho nitro benzene ring substituents is 1. The molecular formula is C23H20N4O5S. The summed E-state index contributed by atoms with van der Waals surface area (Å²) >= 11 is 1.40. The van der Waals surface area contributed by atoms with Gasteiger partial charge in [0, 0.05) is 36.0 Å². The van der Waals surface area contributed by atoms with Crippen LogP contribution in [0, 0.1) is 17.0 Å². The molecule has 2 aromatic heterocycles. The average Bonchev–Trinajstić information content (AvgIpc) is 3.24. The standard InChI is InChI=1S/C23H20N4O5S/c1-14-3-5-15(6-4-14)17-12-33-22-21(17)23(29)26(13-24-22)10-9-20(28)25-18-11-16(27(30)31)7-8-19(18)32-2/h3-8,11-13H,9-10H2,1-2H3,(H,25,28). The maximum absolute atomic E-state index is 13.1. The van der Waals surface area contributed by atoms with E-state index in [1.54, 1.807) is 0 Å². The molecule has 0 saturated carbocycles. The Balaban J connectivity index is 1.55. The van der Waals surface area contributed by atoms with Gasteiger partial charge in [0.15, 0.2) is 0 Å². The fourth-order valence-corrected chi connectivity index (χ4v) is 4.32. The van der Waals surface area contributed by atoms with Crippen LogP contribution in [-0.4, -0.2) is 27.5 Å². The summed E-state index contributed by atoms with van der Waals surface area (Å²) in [5.41, 5.74) is 2.67. The second-order valence-electron chi connectivity index (χ2n) is 7.38. The first-order valence-electron chi connectivity index (χ1n) is 10.0. The monoisotopic (exact) mass is 464 g/mol. The molecule has 1 amide bonds. The lowest BCUT2D eigenvalue weighted by atomic mass is 10.1. The van der Waals surface area contributed by atoms with E-state index in [-0.39, 0.29) is 29.9 Å². The highest BCUT2D eigenvalue weighted by atomic mass is 32.1. The Bertz CT molecular complexity index is 1410. The van der Waals surface area contributed by atoms with Crippen molar-refractivity contribution in [3.8, 4) is 16.9 Å². The van der Waals surface area contributed by atoms with E-state index in [4.69, 9.17) is 4.74 Å². The number of carbonyl (C=O) groups excluding carboxylic acids is 1. The van der Waals surface area contributed by atoms with Crippen molar-refractivity contribution in [2.75, 3.05) is 12.4 Å². The van der Waals surface area contributed by atoms with E-state index in [1.807, 2.05) is 36.6 Å². The molecule has 0 aliphatic heterocycles. The number of aromatic nitrogens is 2. The number of nitro benzene ring substituents is 1. The van der Waals surface area contributed by atoms with Gasteiger partial charge in [0.05, 0.1) is 29.4 Å². The number of thiophene rings is 1. The van der Waals surface area contributed by atoms with Crippen LogP contribution in [0.5, 0.6) is 5.75 Å². The predicted molar refractivity (Wildman–Crippen MR) is 127 cm³/mol. The smallest absolute Gasteiger partial charge is 0.271 e. The number of carbonyl (C=O) groups is 1. The SMILES string of the molecule is COc1ccc([N+](=O)[O-])cc1NC(=O)CCn1cnc2scc(-c3ccc(C)cc3)c2c1=O. The van der Waals surface area contributed by atoms with Crippen molar-refractivity contribution in [2.45, 2.75) is 19.9 Å². The second-order valence-corrected chi connectivity index (χ2v) is 8.24. The largest absolute Gasteiger partial charge is 0.495 e. The van der Waals surface area contributed by atoms with Crippen LogP contribution >= 0.6 is 11.3 Å². The van der Waals surface area contributed by atoms with E-state index in [0.29, 0.717) is 16.0 Å². The molecule has 0 aliphatic rings. The summed E-state index contributed by atoms with van der Waals surface area (Å²) in [6, 6.07) is 11.8. The number of ether oxygens (including phenoxy) is 1. The molecule has 0 bridgehead atoms. The first kappa shape index (κ1) is 22.2. The fourth-order valence-electron chi connectivity index (χ4n) is 3.41. The van der Waals surface area contributed by atoms with E-state index in [2.05, 4.69) is 10.3 Å². The first-order valence-corrected chi connectivity index (χ1v) is 10.9. The molecule has 0 atom stereocenters. The van der Waals surface area contributed by atoms with Gasteiger partial charge in [-0.3, -0.25) is 24.3 Å². The van der Waals surface area contributed by atoms with Crippen molar-refractivity contribution < 1.29 is 14.5 Å². The quantitative estimate of drug-likeness (QED) is 0.320. The summed E-state index contributed by atoms with van der Waals surface area (Å²) in [6.45, 7) is 2.10. The second kappa shape index (κ2) is 9.21. The Kier molecular flexibility index (Phi) is 6.18. The van der Waals surface area contributed by atoms with Gasteiger partial charge < -0.3 is 10.1 Å². The van der Waals surface area contributed by atoms with Gasteiger partial charge in [0.25, 0.3) is 11.2 Å². The fraction of sp³-hybridized carbons (Fsp3) is 0.174. The Hall–Kier alpha value is -4.05. The number of hydrogen-bond donors (Lipinski definition) is 1. The molecule has 0 radical (unpaired) electrons. The van der Waals surface area contributed by atoms with Crippen LogP contribution in [0.25, 0.3) is 21.3 Å². The van der Waals surface area contributed by atoms with E-state index < -0.39 is 10.8 Å². The van der Waals surface area contributed by atoms with Gasteiger partial charge in [-0.1, -0.05) is 29.8 Å². The molecule has 33 heavy (non-hydrogen) atoms. The minimum absolute atomic E-state index is 0.0249. The highest BCUT2D eigenvalue weighted by Gasteiger charge is 2.16. The van der Waals surface area contributed by atoms with E-state index in [0.717, 1.165) is 16.7 Å². The van der Waals surface area contributed by atoms with Gasteiger partial charge in [-0.2, -0.15) is 0 Å². The number of nitrogens with one attached hydrogen (secondary N) is 1. The van der Waals surface area contributed by atoms with E-state index in [9.17, 15) is 19.7 Å². The third-order valence-corrected chi connectivity index (χ3v) is 6.06. The summed E-state index contributed by atoms with van der Waals surface area (Å²) in [4.78, 5) is 41.1. The van der Waals surface area contributed by atoms with Crippen molar-refractivity contribution in [2.24, 2.45) is 0 Å². The molecule has 0 fully saturated rings. The number of aryl methyl sites for hydroxylation is 2. The van der Waals surface area contributed by atoms with Gasteiger partial charge in [0.2, 0.25) is 5.91 Å². The number of hydrogen-bond acceptors (Lipinski definition) is 7. The van der Waals surface area contributed by atoms with Crippen LogP contribution in [0.3, 0.4) is 0 Å². The first-order chi connectivity index (χ1) is 15.9. The molecule has 168 valence electrons. The van der Waals surface area contributed by atoms with Gasteiger partial charge >= 0.3 is 0 Å². The number of anilines is 1. The third kappa shape index (κ3) is 4.60. The van der Waals surface area contributed by atoms with Crippen LogP contribution in [0.1, 0.15) is 12.0 Å². The number of fused-ring (bicyclic) bond motifs is 1. The van der Waals surface area contributed by atoms with Gasteiger partial charge in [-0.25, -0.2) is 4.98 Å². The van der Waals surface area contributed by atoms with E-state index >= 15 is 0 Å². The lowest BCUT2D eigenvalue weighted by Crippen LogP contribution is -2.23. The lowest BCUT2D eigenvalue weighted by molar-refractivity contribution is -0.384. The highest BCUT2D eigenvalue weighted by Crippen LogP contribution is 2.31. The minimum atomic E-state index is -0.554. The molecule has 1 N–H and O–H groups in total. The summed E-state index contributed by atoms with van der Waals surface area (Å²) in [7, 11) is 1.41. The Morgan fingerprint density at radius 3 is 2.70 bits per heavy atom. The van der Waals surface area contributed by atoms with Crippen LogP contribution in [0.15, 0.2) is 59.0 Å². The summed E-state index contributed by atoms with van der Waals surface area (Å²) < 4.78 is 6.56. The Morgan fingerprint density at radius 1 is 1.24 bits per heavy atom. The lowest BCUT2D eigenvalue weighted by Gasteiger charge is -2.11.